The number of unbranched alkanes of at least 4 members (excludes halogenated alkanes) is 6. The molecular formula is C16H36O4. The van der Waals surface area contributed by atoms with Crippen molar-refractivity contribution in [3.05, 3.63) is 0 Å². The summed E-state index contributed by atoms with van der Waals surface area (Å²) in [5.74, 6) is 0. The Labute approximate surface area is 124 Å². The molecule has 0 rings (SSSR count). The molecule has 4 N–H and O–H groups in total. The Kier molecular flexibility index (Phi) is 20.8. The van der Waals surface area contributed by atoms with Crippen molar-refractivity contribution in [2.24, 2.45) is 0 Å². The van der Waals surface area contributed by atoms with E-state index in [0.717, 1.165) is 32.1 Å². The van der Waals surface area contributed by atoms with E-state index in [1.54, 1.807) is 0 Å². The number of aliphatic hydroxyl groups is 4. The van der Waals surface area contributed by atoms with E-state index < -0.39 is 12.2 Å². The van der Waals surface area contributed by atoms with Crippen LogP contribution >= 0.6 is 0 Å². The average Bonchev–Trinajstić information content (AvgIpc) is 2.48. The average molecular weight is 292 g/mol. The second-order valence-corrected chi connectivity index (χ2v) is 5.37. The predicted molar refractivity (Wildman–Crippen MR) is 83.7 cm³/mol. The molecule has 0 saturated heterocycles. The van der Waals surface area contributed by atoms with Crippen molar-refractivity contribution < 1.29 is 20.4 Å². The van der Waals surface area contributed by atoms with Gasteiger partial charge in [-0.05, 0) is 12.8 Å². The van der Waals surface area contributed by atoms with Crippen LogP contribution in [0, 0.1) is 0 Å². The summed E-state index contributed by atoms with van der Waals surface area (Å²) >= 11 is 0. The Hall–Kier alpha value is -0.160. The third kappa shape index (κ3) is 20.2. The summed E-state index contributed by atoms with van der Waals surface area (Å²) in [5.41, 5.74) is 0. The molecule has 4 heteroatoms. The molecule has 124 valence electrons. The monoisotopic (exact) mass is 292 g/mol. The molecule has 0 aromatic rings. The lowest BCUT2D eigenvalue weighted by molar-refractivity contribution is 0.0860. The summed E-state index contributed by atoms with van der Waals surface area (Å²) in [4.78, 5) is 0. The Morgan fingerprint density at radius 2 is 1.00 bits per heavy atom. The molecule has 0 heterocycles. The highest BCUT2D eigenvalue weighted by Gasteiger charge is 2.00. The lowest BCUT2D eigenvalue weighted by Gasteiger charge is -2.05. The Bertz CT molecular complexity index is 165. The van der Waals surface area contributed by atoms with Crippen molar-refractivity contribution >= 4 is 0 Å². The first kappa shape index (κ1) is 22.1. The van der Waals surface area contributed by atoms with E-state index in [4.69, 9.17) is 20.4 Å². The summed E-state index contributed by atoms with van der Waals surface area (Å²) in [7, 11) is 0. The number of rotatable bonds is 12. The molecule has 0 saturated carbocycles. The van der Waals surface area contributed by atoms with Gasteiger partial charge >= 0.3 is 0 Å². The molecule has 0 aliphatic heterocycles. The minimum Gasteiger partial charge on any atom is -0.394 e. The van der Waals surface area contributed by atoms with Gasteiger partial charge in [0.1, 0.15) is 0 Å². The van der Waals surface area contributed by atoms with E-state index in [2.05, 4.69) is 13.8 Å². The maximum atomic E-state index is 9.01. The zero-order valence-corrected chi connectivity index (χ0v) is 13.4. The van der Waals surface area contributed by atoms with Crippen LogP contribution < -0.4 is 0 Å². The predicted octanol–water partition coefficient (Wildman–Crippen LogP) is 2.62. The largest absolute Gasteiger partial charge is 0.394 e. The van der Waals surface area contributed by atoms with Crippen molar-refractivity contribution in [1.82, 2.24) is 0 Å². The molecule has 0 aliphatic carbocycles. The Morgan fingerprint density at radius 3 is 1.45 bits per heavy atom. The standard InChI is InChI=1S/C10H22O2.C6H14O2/c1-2-3-4-5-6-7-8-10(12)9-11;1-2-3-4-6(8)5-7/h10-12H,2-9H2,1H3;6-8H,2-5H2,1H3. The zero-order valence-electron chi connectivity index (χ0n) is 13.4. The minimum absolute atomic E-state index is 0.0883. The highest BCUT2D eigenvalue weighted by Crippen LogP contribution is 2.08. The molecule has 0 spiro atoms. The van der Waals surface area contributed by atoms with E-state index in [1.807, 2.05) is 0 Å². The van der Waals surface area contributed by atoms with E-state index in [0.29, 0.717) is 0 Å². The van der Waals surface area contributed by atoms with E-state index in [1.165, 1.54) is 32.1 Å². The first-order chi connectivity index (χ1) is 9.62. The van der Waals surface area contributed by atoms with Crippen LogP contribution in [0.1, 0.15) is 78.1 Å². The normalized spacial score (nSPS) is 13.5. The van der Waals surface area contributed by atoms with E-state index >= 15 is 0 Å². The van der Waals surface area contributed by atoms with Gasteiger partial charge in [0, 0.05) is 0 Å². The molecule has 0 fully saturated rings. The fourth-order valence-electron chi connectivity index (χ4n) is 1.78. The summed E-state index contributed by atoms with van der Waals surface area (Å²) in [6, 6.07) is 0. The molecular weight excluding hydrogens is 256 g/mol. The van der Waals surface area contributed by atoms with Crippen molar-refractivity contribution in [2.75, 3.05) is 13.2 Å². The maximum absolute atomic E-state index is 9.01. The van der Waals surface area contributed by atoms with Gasteiger partial charge in [-0.2, -0.15) is 0 Å². The fourth-order valence-corrected chi connectivity index (χ4v) is 1.78. The molecule has 4 nitrogen and oxygen atoms in total. The number of aliphatic hydroxyl groups excluding tert-OH is 4. The molecule has 2 unspecified atom stereocenters. The van der Waals surface area contributed by atoms with Gasteiger partial charge in [0.25, 0.3) is 0 Å². The minimum atomic E-state index is -0.491. The smallest absolute Gasteiger partial charge is 0.0770 e. The molecule has 0 aromatic heterocycles. The maximum Gasteiger partial charge on any atom is 0.0770 e. The van der Waals surface area contributed by atoms with Crippen molar-refractivity contribution in [1.29, 1.82) is 0 Å². The lowest BCUT2D eigenvalue weighted by atomic mass is 10.1. The molecule has 0 amide bonds. The van der Waals surface area contributed by atoms with Crippen LogP contribution in [0.4, 0.5) is 0 Å². The lowest BCUT2D eigenvalue weighted by Crippen LogP contribution is -2.10. The van der Waals surface area contributed by atoms with Gasteiger partial charge in [-0.15, -0.1) is 0 Å². The summed E-state index contributed by atoms with van der Waals surface area (Å²) in [6.07, 6.45) is 10.0. The number of hydrogen-bond donors (Lipinski definition) is 4. The van der Waals surface area contributed by atoms with Crippen LogP contribution in [-0.4, -0.2) is 45.8 Å². The van der Waals surface area contributed by atoms with Crippen LogP contribution in [0.15, 0.2) is 0 Å². The highest BCUT2D eigenvalue weighted by molar-refractivity contribution is 4.53. The first-order valence-corrected chi connectivity index (χ1v) is 8.20. The molecule has 0 aliphatic rings. The van der Waals surface area contributed by atoms with Gasteiger partial charge in [0.2, 0.25) is 0 Å². The molecule has 20 heavy (non-hydrogen) atoms. The van der Waals surface area contributed by atoms with Crippen LogP contribution in [0.3, 0.4) is 0 Å². The SMILES string of the molecule is CCCCC(O)CO.CCCCCCCCC(O)CO. The second-order valence-electron chi connectivity index (χ2n) is 5.37. The van der Waals surface area contributed by atoms with Gasteiger partial charge in [-0.3, -0.25) is 0 Å². The third-order valence-corrected chi connectivity index (χ3v) is 3.20. The van der Waals surface area contributed by atoms with Crippen molar-refractivity contribution in [3.63, 3.8) is 0 Å². The van der Waals surface area contributed by atoms with Gasteiger partial charge in [0.15, 0.2) is 0 Å². The quantitative estimate of drug-likeness (QED) is 0.417. The van der Waals surface area contributed by atoms with Crippen molar-refractivity contribution in [2.45, 2.75) is 90.3 Å². The Morgan fingerprint density at radius 1 is 0.600 bits per heavy atom. The van der Waals surface area contributed by atoms with E-state index in [9.17, 15) is 0 Å². The van der Waals surface area contributed by atoms with Crippen molar-refractivity contribution in [3.8, 4) is 0 Å². The molecule has 2 atom stereocenters. The summed E-state index contributed by atoms with van der Waals surface area (Å²) < 4.78 is 0. The fraction of sp³-hybridized carbons (Fsp3) is 1.00. The van der Waals surface area contributed by atoms with Crippen LogP contribution in [-0.2, 0) is 0 Å². The van der Waals surface area contributed by atoms with Gasteiger partial charge in [-0.25, -0.2) is 0 Å². The first-order valence-electron chi connectivity index (χ1n) is 8.20. The third-order valence-electron chi connectivity index (χ3n) is 3.20. The molecule has 0 radical (unpaired) electrons. The topological polar surface area (TPSA) is 80.9 Å². The molecule has 0 aromatic carbocycles. The second kappa shape index (κ2) is 18.8. The summed E-state index contributed by atoms with van der Waals surface area (Å²) in [6.45, 7) is 4.08. The van der Waals surface area contributed by atoms with Crippen LogP contribution in [0.2, 0.25) is 0 Å². The van der Waals surface area contributed by atoms with E-state index in [-0.39, 0.29) is 13.2 Å². The Balaban J connectivity index is 0. The molecule has 0 bridgehead atoms. The van der Waals surface area contributed by atoms with Crippen LogP contribution in [0.5, 0.6) is 0 Å². The summed E-state index contributed by atoms with van der Waals surface area (Å²) in [5, 5.41) is 34.6. The van der Waals surface area contributed by atoms with Gasteiger partial charge < -0.3 is 20.4 Å². The highest BCUT2D eigenvalue weighted by atomic mass is 16.3. The number of hydrogen-bond acceptors (Lipinski definition) is 4. The van der Waals surface area contributed by atoms with Crippen LogP contribution in [0.25, 0.3) is 0 Å². The van der Waals surface area contributed by atoms with Gasteiger partial charge in [0.05, 0.1) is 25.4 Å². The zero-order chi connectivity index (χ0) is 15.6. The van der Waals surface area contributed by atoms with Gasteiger partial charge in [-0.1, -0.05) is 65.2 Å².